The Hall–Kier alpha value is -3.02. The first kappa shape index (κ1) is 20.3. The van der Waals surface area contributed by atoms with Crippen LogP contribution in [0.3, 0.4) is 0 Å². The van der Waals surface area contributed by atoms with Crippen molar-refractivity contribution in [3.05, 3.63) is 59.7 Å². The van der Waals surface area contributed by atoms with Gasteiger partial charge >= 0.3 is 5.97 Å². The number of nitrogens with one attached hydrogen (secondary N) is 1. The highest BCUT2D eigenvalue weighted by Gasteiger charge is 2.07. The molecule has 1 amide bonds. The van der Waals surface area contributed by atoms with Gasteiger partial charge in [-0.1, -0.05) is 19.1 Å². The molecule has 0 saturated carbocycles. The molecule has 0 saturated heterocycles. The van der Waals surface area contributed by atoms with Gasteiger partial charge in [-0.05, 0) is 48.4 Å². The van der Waals surface area contributed by atoms with Gasteiger partial charge in [0, 0.05) is 13.5 Å². The Kier molecular flexibility index (Phi) is 8.16. The van der Waals surface area contributed by atoms with E-state index >= 15 is 0 Å². The number of carbonyl (C=O) groups is 2. The van der Waals surface area contributed by atoms with E-state index in [1.54, 1.807) is 24.3 Å². The van der Waals surface area contributed by atoms with Gasteiger partial charge in [-0.2, -0.15) is 0 Å². The fraction of sp³-hybridized carbons (Fsp3) is 0.333. The van der Waals surface area contributed by atoms with Crippen LogP contribution in [0.5, 0.6) is 11.5 Å². The van der Waals surface area contributed by atoms with Crippen LogP contribution in [0.2, 0.25) is 0 Å². The van der Waals surface area contributed by atoms with E-state index in [4.69, 9.17) is 14.2 Å². The lowest BCUT2D eigenvalue weighted by Gasteiger charge is -2.09. The minimum atomic E-state index is -0.409. The van der Waals surface area contributed by atoms with Crippen LogP contribution in [0.15, 0.2) is 48.5 Å². The summed E-state index contributed by atoms with van der Waals surface area (Å²) < 4.78 is 16.3. The molecule has 0 atom stereocenters. The Labute approximate surface area is 159 Å². The molecule has 1 N–H and O–H groups in total. The molecular formula is C21H25NO5. The van der Waals surface area contributed by atoms with Crippen molar-refractivity contribution < 1.29 is 23.8 Å². The van der Waals surface area contributed by atoms with E-state index in [1.807, 2.05) is 24.3 Å². The standard InChI is InChI=1S/C21H25NO5/c1-3-12-25-19-8-10-20(11-9-19)26-13-14-27-21(24)18-6-4-17(5-7-18)15-22-16(2)23/h4-11H,3,12-15H2,1-2H3,(H,22,23). The maximum absolute atomic E-state index is 12.0. The maximum atomic E-state index is 12.0. The first-order valence-corrected chi connectivity index (χ1v) is 8.94. The number of hydrogen-bond acceptors (Lipinski definition) is 5. The summed E-state index contributed by atoms with van der Waals surface area (Å²) in [5, 5.41) is 2.70. The van der Waals surface area contributed by atoms with Gasteiger partial charge < -0.3 is 19.5 Å². The van der Waals surface area contributed by atoms with Gasteiger partial charge in [0.25, 0.3) is 0 Å². The third kappa shape index (κ3) is 7.40. The second kappa shape index (κ2) is 10.9. The summed E-state index contributed by atoms with van der Waals surface area (Å²) >= 11 is 0. The van der Waals surface area contributed by atoms with Crippen LogP contribution in [0.4, 0.5) is 0 Å². The lowest BCUT2D eigenvalue weighted by Crippen LogP contribution is -2.19. The number of rotatable bonds is 10. The second-order valence-corrected chi connectivity index (χ2v) is 5.91. The molecule has 0 aliphatic heterocycles. The molecule has 0 aromatic heterocycles. The highest BCUT2D eigenvalue weighted by molar-refractivity contribution is 5.89. The molecule has 0 bridgehead atoms. The van der Waals surface area contributed by atoms with Crippen molar-refractivity contribution in [1.82, 2.24) is 5.32 Å². The molecule has 0 spiro atoms. The molecule has 6 heteroatoms. The predicted octanol–water partition coefficient (Wildman–Crippen LogP) is 3.35. The number of benzene rings is 2. The molecule has 0 aliphatic carbocycles. The Bertz CT molecular complexity index is 725. The average Bonchev–Trinajstić information content (AvgIpc) is 2.69. The number of hydrogen-bond donors (Lipinski definition) is 1. The molecule has 6 nitrogen and oxygen atoms in total. The van der Waals surface area contributed by atoms with E-state index in [0.29, 0.717) is 24.5 Å². The van der Waals surface area contributed by atoms with Gasteiger partial charge in [-0.15, -0.1) is 0 Å². The fourth-order valence-electron chi connectivity index (χ4n) is 2.21. The average molecular weight is 371 g/mol. The molecule has 2 aromatic rings. The second-order valence-electron chi connectivity index (χ2n) is 5.91. The third-order valence-electron chi connectivity index (χ3n) is 3.61. The van der Waals surface area contributed by atoms with Gasteiger partial charge in [0.2, 0.25) is 5.91 Å². The molecule has 0 unspecified atom stereocenters. The highest BCUT2D eigenvalue weighted by Crippen LogP contribution is 2.17. The normalized spacial score (nSPS) is 10.1. The summed E-state index contributed by atoms with van der Waals surface area (Å²) in [5.74, 6) is 0.990. The highest BCUT2D eigenvalue weighted by atomic mass is 16.6. The van der Waals surface area contributed by atoms with E-state index in [1.165, 1.54) is 6.92 Å². The molecule has 144 valence electrons. The molecule has 2 rings (SSSR count). The number of carbonyl (C=O) groups excluding carboxylic acids is 2. The molecular weight excluding hydrogens is 346 g/mol. The SMILES string of the molecule is CCCOc1ccc(OCCOC(=O)c2ccc(CNC(C)=O)cc2)cc1. The van der Waals surface area contributed by atoms with Gasteiger partial charge in [-0.3, -0.25) is 4.79 Å². The van der Waals surface area contributed by atoms with Crippen molar-refractivity contribution >= 4 is 11.9 Å². The Balaban J connectivity index is 1.70. The first-order valence-electron chi connectivity index (χ1n) is 8.94. The van der Waals surface area contributed by atoms with E-state index in [9.17, 15) is 9.59 Å². The minimum Gasteiger partial charge on any atom is -0.494 e. The summed E-state index contributed by atoms with van der Waals surface area (Å²) in [5.41, 5.74) is 1.37. The zero-order valence-electron chi connectivity index (χ0n) is 15.7. The quantitative estimate of drug-likeness (QED) is 0.512. The minimum absolute atomic E-state index is 0.0957. The lowest BCUT2D eigenvalue weighted by molar-refractivity contribution is -0.119. The maximum Gasteiger partial charge on any atom is 0.338 e. The van der Waals surface area contributed by atoms with Crippen molar-refractivity contribution in [2.45, 2.75) is 26.8 Å². The zero-order valence-corrected chi connectivity index (χ0v) is 15.7. The topological polar surface area (TPSA) is 73.9 Å². The van der Waals surface area contributed by atoms with E-state index in [2.05, 4.69) is 12.2 Å². The summed E-state index contributed by atoms with van der Waals surface area (Å²) in [4.78, 5) is 22.9. The van der Waals surface area contributed by atoms with Crippen LogP contribution in [-0.4, -0.2) is 31.7 Å². The number of ether oxygens (including phenoxy) is 3. The van der Waals surface area contributed by atoms with E-state index < -0.39 is 5.97 Å². The zero-order chi connectivity index (χ0) is 19.5. The van der Waals surface area contributed by atoms with Crippen molar-refractivity contribution in [2.75, 3.05) is 19.8 Å². The van der Waals surface area contributed by atoms with Crippen LogP contribution in [0.1, 0.15) is 36.2 Å². The Morgan fingerprint density at radius 1 is 0.852 bits per heavy atom. The van der Waals surface area contributed by atoms with Crippen LogP contribution in [0.25, 0.3) is 0 Å². The molecule has 27 heavy (non-hydrogen) atoms. The largest absolute Gasteiger partial charge is 0.494 e. The van der Waals surface area contributed by atoms with Gasteiger partial charge in [0.1, 0.15) is 24.7 Å². The molecule has 0 heterocycles. The molecule has 0 radical (unpaired) electrons. The smallest absolute Gasteiger partial charge is 0.338 e. The molecule has 0 fully saturated rings. The van der Waals surface area contributed by atoms with Crippen LogP contribution >= 0.6 is 0 Å². The summed E-state index contributed by atoms with van der Waals surface area (Å²) in [6.07, 6.45) is 0.960. The van der Waals surface area contributed by atoms with E-state index in [0.717, 1.165) is 17.7 Å². The van der Waals surface area contributed by atoms with Gasteiger partial charge in [0.05, 0.1) is 12.2 Å². The summed E-state index contributed by atoms with van der Waals surface area (Å²) in [6, 6.07) is 14.3. The summed E-state index contributed by atoms with van der Waals surface area (Å²) in [7, 11) is 0. The van der Waals surface area contributed by atoms with E-state index in [-0.39, 0.29) is 19.1 Å². The van der Waals surface area contributed by atoms with Crippen molar-refractivity contribution in [2.24, 2.45) is 0 Å². The monoisotopic (exact) mass is 371 g/mol. The first-order chi connectivity index (χ1) is 13.1. The third-order valence-corrected chi connectivity index (χ3v) is 3.61. The van der Waals surface area contributed by atoms with Gasteiger partial charge in [0.15, 0.2) is 0 Å². The fourth-order valence-corrected chi connectivity index (χ4v) is 2.21. The summed E-state index contributed by atoms with van der Waals surface area (Å²) in [6.45, 7) is 5.05. The van der Waals surface area contributed by atoms with Crippen LogP contribution in [-0.2, 0) is 16.1 Å². The lowest BCUT2D eigenvalue weighted by atomic mass is 10.1. The van der Waals surface area contributed by atoms with Crippen LogP contribution in [0, 0.1) is 0 Å². The van der Waals surface area contributed by atoms with Crippen LogP contribution < -0.4 is 14.8 Å². The number of amides is 1. The molecule has 0 aliphatic rings. The Morgan fingerprint density at radius 2 is 1.44 bits per heavy atom. The van der Waals surface area contributed by atoms with Crippen molar-refractivity contribution in [1.29, 1.82) is 0 Å². The van der Waals surface area contributed by atoms with Crippen molar-refractivity contribution in [3.63, 3.8) is 0 Å². The van der Waals surface area contributed by atoms with Gasteiger partial charge in [-0.25, -0.2) is 4.79 Å². The molecule has 2 aromatic carbocycles. The Morgan fingerprint density at radius 3 is 2.00 bits per heavy atom. The number of esters is 1. The predicted molar refractivity (Wildman–Crippen MR) is 102 cm³/mol. The van der Waals surface area contributed by atoms with Crippen molar-refractivity contribution in [3.8, 4) is 11.5 Å².